The minimum absolute atomic E-state index is 0.0195. The van der Waals surface area contributed by atoms with Gasteiger partial charge in [-0.15, -0.1) is 0 Å². The molecule has 1 saturated carbocycles. The third-order valence-corrected chi connectivity index (χ3v) is 3.22. The minimum atomic E-state index is -0.234. The van der Waals surface area contributed by atoms with Crippen molar-refractivity contribution < 1.29 is 4.79 Å². The summed E-state index contributed by atoms with van der Waals surface area (Å²) >= 11 is 12.0. The van der Waals surface area contributed by atoms with Crippen LogP contribution in [0.3, 0.4) is 0 Å². The lowest BCUT2D eigenvalue weighted by atomic mass is 10.1. The molecule has 0 bridgehead atoms. The van der Waals surface area contributed by atoms with Gasteiger partial charge in [-0.25, -0.2) is 0 Å². The van der Waals surface area contributed by atoms with Crippen LogP contribution in [0.1, 0.15) is 13.8 Å². The largest absolute Gasteiger partial charge is 0.281 e. The molecule has 68 valence electrons. The lowest BCUT2D eigenvalue weighted by Gasteiger charge is -1.96. The monoisotopic (exact) mass is 314 g/mol. The highest BCUT2D eigenvalue weighted by atomic mass is 79.9. The summed E-state index contributed by atoms with van der Waals surface area (Å²) in [4.78, 5) is 10.9. The zero-order valence-electron chi connectivity index (χ0n) is 6.77. The fourth-order valence-electron chi connectivity index (χ4n) is 1.56. The van der Waals surface area contributed by atoms with E-state index < -0.39 is 0 Å². The molecule has 0 spiro atoms. The van der Waals surface area contributed by atoms with Crippen LogP contribution in [-0.2, 0) is 4.79 Å². The molecule has 0 N–H and O–H groups in total. The number of halogens is 3. The van der Waals surface area contributed by atoms with Crippen LogP contribution in [0, 0.1) is 17.3 Å². The Kier molecular flexibility index (Phi) is 3.07. The van der Waals surface area contributed by atoms with E-state index in [1.807, 2.05) is 19.9 Å². The van der Waals surface area contributed by atoms with E-state index >= 15 is 0 Å². The zero-order chi connectivity index (χ0) is 9.52. The summed E-state index contributed by atoms with van der Waals surface area (Å²) < 4.78 is 0.883. The van der Waals surface area contributed by atoms with Gasteiger partial charge in [-0.2, -0.15) is 0 Å². The summed E-state index contributed by atoms with van der Waals surface area (Å²) in [6.07, 6.45) is 1.98. The lowest BCUT2D eigenvalue weighted by molar-refractivity contribution is -0.113. The van der Waals surface area contributed by atoms with Crippen molar-refractivity contribution in [3.05, 3.63) is 9.47 Å². The maximum absolute atomic E-state index is 10.9. The first kappa shape index (κ1) is 10.7. The van der Waals surface area contributed by atoms with E-state index in [1.54, 1.807) is 0 Å². The van der Waals surface area contributed by atoms with Gasteiger partial charge >= 0.3 is 0 Å². The zero-order valence-corrected chi connectivity index (χ0v) is 10.7. The normalized spacial score (nSPS) is 31.1. The summed E-state index contributed by atoms with van der Waals surface area (Å²) in [5.41, 5.74) is 0.0195. The molecule has 0 heterocycles. The molecule has 4 heteroatoms. The van der Waals surface area contributed by atoms with Gasteiger partial charge in [0, 0.05) is 5.92 Å². The van der Waals surface area contributed by atoms with E-state index in [4.69, 9.17) is 11.6 Å². The molecule has 2 atom stereocenters. The molecule has 0 saturated heterocycles. The molecule has 0 aromatic heterocycles. The summed E-state index contributed by atoms with van der Waals surface area (Å²) in [6, 6.07) is 0. The van der Waals surface area contributed by atoms with Crippen LogP contribution in [0.2, 0.25) is 0 Å². The molecule has 0 amide bonds. The number of carbonyl (C=O) groups excluding carboxylic acids is 1. The van der Waals surface area contributed by atoms with Gasteiger partial charge in [-0.05, 0) is 54.8 Å². The van der Waals surface area contributed by atoms with Crippen LogP contribution >= 0.6 is 43.5 Å². The number of allylic oxidation sites excluding steroid dienone is 1. The molecule has 1 rings (SSSR count). The first-order valence-corrected chi connectivity index (χ1v) is 5.56. The first-order valence-electron chi connectivity index (χ1n) is 3.59. The van der Waals surface area contributed by atoms with Crippen molar-refractivity contribution in [2.45, 2.75) is 13.8 Å². The quantitative estimate of drug-likeness (QED) is 0.711. The molecule has 1 fully saturated rings. The standard InChI is InChI=1S/C8H9Br2ClO/c1-8(2)4(3-5(9)10)6(8)7(11)12/h3-4,6H,1-2H3/t4-,6+/m1/s1. The second-order valence-corrected chi connectivity index (χ2v) is 6.73. The number of rotatable bonds is 2. The third-order valence-electron chi connectivity index (χ3n) is 2.46. The number of hydrogen-bond acceptors (Lipinski definition) is 1. The topological polar surface area (TPSA) is 17.1 Å². The molecule has 0 aliphatic heterocycles. The van der Waals surface area contributed by atoms with Crippen molar-refractivity contribution in [1.82, 2.24) is 0 Å². The van der Waals surface area contributed by atoms with Crippen molar-refractivity contribution in [2.75, 3.05) is 0 Å². The second-order valence-electron chi connectivity index (χ2n) is 3.59. The average molecular weight is 316 g/mol. The summed E-state index contributed by atoms with van der Waals surface area (Å²) in [5, 5.41) is -0.234. The number of carbonyl (C=O) groups is 1. The molecule has 0 aromatic rings. The fourth-order valence-corrected chi connectivity index (χ4v) is 2.54. The minimum Gasteiger partial charge on any atom is -0.281 e. The van der Waals surface area contributed by atoms with E-state index in [0.29, 0.717) is 0 Å². The molecular weight excluding hydrogens is 307 g/mol. The SMILES string of the molecule is CC1(C)[C@H](C=C(Br)Br)[C@H]1C(=O)Cl. The van der Waals surface area contributed by atoms with E-state index in [9.17, 15) is 4.79 Å². The van der Waals surface area contributed by atoms with E-state index in [2.05, 4.69) is 31.9 Å². The molecule has 1 aliphatic rings. The van der Waals surface area contributed by atoms with E-state index in [1.165, 1.54) is 0 Å². The smallest absolute Gasteiger partial charge is 0.225 e. The Hall–Kier alpha value is 0.660. The maximum atomic E-state index is 10.9. The van der Waals surface area contributed by atoms with Crippen molar-refractivity contribution in [1.29, 1.82) is 0 Å². The van der Waals surface area contributed by atoms with Crippen LogP contribution in [0.15, 0.2) is 9.47 Å². The Morgan fingerprint density at radius 2 is 2.00 bits per heavy atom. The van der Waals surface area contributed by atoms with Gasteiger partial charge in [-0.3, -0.25) is 4.79 Å². The van der Waals surface area contributed by atoms with Gasteiger partial charge in [0.05, 0.1) is 3.39 Å². The highest BCUT2D eigenvalue weighted by molar-refractivity contribution is 9.28. The summed E-state index contributed by atoms with van der Waals surface area (Å²) in [6.45, 7) is 4.09. The van der Waals surface area contributed by atoms with Crippen LogP contribution in [-0.4, -0.2) is 5.24 Å². The fraction of sp³-hybridized carbons (Fsp3) is 0.625. The van der Waals surface area contributed by atoms with Crippen molar-refractivity contribution in [2.24, 2.45) is 17.3 Å². The average Bonchev–Trinajstić information content (AvgIpc) is 2.32. The summed E-state index contributed by atoms with van der Waals surface area (Å²) in [5.74, 6) is 0.237. The molecule has 12 heavy (non-hydrogen) atoms. The van der Waals surface area contributed by atoms with Gasteiger partial charge in [0.15, 0.2) is 0 Å². The van der Waals surface area contributed by atoms with Crippen molar-refractivity contribution in [3.8, 4) is 0 Å². The molecule has 1 nitrogen and oxygen atoms in total. The van der Waals surface area contributed by atoms with Gasteiger partial charge in [-0.1, -0.05) is 19.9 Å². The summed E-state index contributed by atoms with van der Waals surface area (Å²) in [7, 11) is 0. The lowest BCUT2D eigenvalue weighted by Crippen LogP contribution is -1.96. The Morgan fingerprint density at radius 1 is 1.50 bits per heavy atom. The van der Waals surface area contributed by atoms with E-state index in [0.717, 1.165) is 3.39 Å². The Labute approximate surface area is 93.8 Å². The van der Waals surface area contributed by atoms with Crippen molar-refractivity contribution >= 4 is 48.7 Å². The highest BCUT2D eigenvalue weighted by Crippen LogP contribution is 2.60. The Bertz CT molecular complexity index is 243. The maximum Gasteiger partial charge on any atom is 0.225 e. The molecule has 0 unspecified atom stereocenters. The van der Waals surface area contributed by atoms with E-state index in [-0.39, 0.29) is 22.5 Å². The highest BCUT2D eigenvalue weighted by Gasteiger charge is 2.59. The van der Waals surface area contributed by atoms with Gasteiger partial charge in [0.25, 0.3) is 0 Å². The first-order chi connectivity index (χ1) is 5.37. The van der Waals surface area contributed by atoms with Gasteiger partial charge in [0.1, 0.15) is 0 Å². The number of hydrogen-bond donors (Lipinski definition) is 0. The van der Waals surface area contributed by atoms with Gasteiger partial charge < -0.3 is 0 Å². The van der Waals surface area contributed by atoms with Crippen LogP contribution in [0.5, 0.6) is 0 Å². The molecule has 0 aromatic carbocycles. The van der Waals surface area contributed by atoms with Gasteiger partial charge in [0.2, 0.25) is 5.24 Å². The van der Waals surface area contributed by atoms with Crippen LogP contribution in [0.25, 0.3) is 0 Å². The van der Waals surface area contributed by atoms with Crippen LogP contribution < -0.4 is 0 Å². The second kappa shape index (κ2) is 3.43. The Morgan fingerprint density at radius 3 is 2.25 bits per heavy atom. The third kappa shape index (κ3) is 1.94. The predicted molar refractivity (Wildman–Crippen MR) is 57.6 cm³/mol. The predicted octanol–water partition coefficient (Wildman–Crippen LogP) is 3.66. The van der Waals surface area contributed by atoms with Crippen molar-refractivity contribution in [3.63, 3.8) is 0 Å². The molecule has 1 aliphatic carbocycles. The Balaban J connectivity index is 2.73. The molecule has 0 radical (unpaired) electrons. The van der Waals surface area contributed by atoms with Crippen LogP contribution in [0.4, 0.5) is 0 Å². The molecular formula is C8H9Br2ClO.